The largest absolute Gasteiger partial charge is 0.368 e. The lowest BCUT2D eigenvalue weighted by atomic mass is 10.4. The van der Waals surface area contributed by atoms with E-state index in [9.17, 15) is 0 Å². The van der Waals surface area contributed by atoms with E-state index in [1.165, 1.54) is 12.7 Å². The maximum Gasteiger partial charge on any atom is 0.222 e. The van der Waals surface area contributed by atoms with Crippen LogP contribution in [-0.2, 0) is 0 Å². The minimum absolute atomic E-state index is 0. The molecule has 0 saturated carbocycles. The average molecular weight is 228 g/mol. The molecule has 2 aromatic heterocycles. The Morgan fingerprint density at radius 1 is 1.27 bits per heavy atom. The second kappa shape index (κ2) is 4.56. The third kappa shape index (κ3) is 2.78. The lowest BCUT2D eigenvalue weighted by Gasteiger charge is -2.05. The van der Waals surface area contributed by atoms with Crippen LogP contribution in [0.5, 0.6) is 0 Å². The molecule has 2 heterocycles. The molecule has 0 unspecified atom stereocenters. The fourth-order valence-electron chi connectivity index (χ4n) is 1.04. The molecule has 0 aromatic carbocycles. The Hall–Kier alpha value is -1.89. The molecule has 3 N–H and O–H groups in total. The summed E-state index contributed by atoms with van der Waals surface area (Å²) in [4.78, 5) is 7.94. The fourth-order valence-corrected chi connectivity index (χ4v) is 1.04. The summed E-state index contributed by atoms with van der Waals surface area (Å²) >= 11 is 0. The second-order valence-electron chi connectivity index (χ2n) is 2.73. The molecule has 0 radical (unpaired) electrons. The lowest BCUT2D eigenvalue weighted by Crippen LogP contribution is -2.09. The molecule has 80 valence electrons. The molecule has 0 atom stereocenters. The van der Waals surface area contributed by atoms with Crippen molar-refractivity contribution in [2.24, 2.45) is 0 Å². The molecular formula is C7H10ClN7. The van der Waals surface area contributed by atoms with Crippen LogP contribution in [0.2, 0.25) is 0 Å². The normalized spacial score (nSPS) is 9.40. The summed E-state index contributed by atoms with van der Waals surface area (Å²) < 4.78 is 1.57. The smallest absolute Gasteiger partial charge is 0.222 e. The van der Waals surface area contributed by atoms with E-state index in [0.717, 1.165) is 5.69 Å². The molecule has 0 aliphatic rings. The third-order valence-corrected chi connectivity index (χ3v) is 1.53. The number of rotatable bonds is 2. The number of aromatic nitrogens is 5. The van der Waals surface area contributed by atoms with Crippen LogP contribution in [0.25, 0.3) is 0 Å². The van der Waals surface area contributed by atoms with Gasteiger partial charge >= 0.3 is 0 Å². The highest BCUT2D eigenvalue weighted by Crippen LogP contribution is 2.06. The summed E-state index contributed by atoms with van der Waals surface area (Å²) in [5.41, 5.74) is 9.21. The molecule has 0 spiro atoms. The predicted octanol–water partition coefficient (Wildman–Crippen LogP) is 0.256. The number of hydrogen-bond donors (Lipinski definition) is 2. The number of nitrogens with zero attached hydrogens (tertiary/aromatic N) is 5. The first-order valence-corrected chi connectivity index (χ1v) is 3.97. The zero-order valence-electron chi connectivity index (χ0n) is 7.95. The van der Waals surface area contributed by atoms with E-state index in [0.29, 0.717) is 5.82 Å². The molecule has 0 bridgehead atoms. The second-order valence-corrected chi connectivity index (χ2v) is 2.73. The standard InChI is InChI=1S/C7H9N7.ClH/c1-5-2-6(12-7(8)11-5)13-14-3-9-10-4-14;/h2-4H,1H3,(H3,8,11,12,13);1H. The summed E-state index contributed by atoms with van der Waals surface area (Å²) in [5, 5.41) is 7.28. The van der Waals surface area contributed by atoms with E-state index >= 15 is 0 Å². The molecule has 7 nitrogen and oxygen atoms in total. The Morgan fingerprint density at radius 2 is 1.93 bits per heavy atom. The van der Waals surface area contributed by atoms with Gasteiger partial charge in [0.15, 0.2) is 5.82 Å². The first-order chi connectivity index (χ1) is 6.74. The van der Waals surface area contributed by atoms with E-state index in [2.05, 4.69) is 25.6 Å². The van der Waals surface area contributed by atoms with Gasteiger partial charge in [0.1, 0.15) is 12.7 Å². The molecule has 8 heteroatoms. The van der Waals surface area contributed by atoms with Crippen LogP contribution in [0, 0.1) is 6.92 Å². The molecule has 2 rings (SSSR count). The van der Waals surface area contributed by atoms with Crippen LogP contribution >= 0.6 is 12.4 Å². The Labute approximate surface area is 92.1 Å². The Balaban J connectivity index is 0.00000112. The summed E-state index contributed by atoms with van der Waals surface area (Å²) in [5.74, 6) is 0.843. The number of aryl methyl sites for hydroxylation is 1. The number of halogens is 1. The van der Waals surface area contributed by atoms with E-state index in [4.69, 9.17) is 5.73 Å². The number of nitrogen functional groups attached to an aromatic ring is 1. The minimum atomic E-state index is 0. The number of nitrogens with two attached hydrogens (primary N) is 1. The van der Waals surface area contributed by atoms with E-state index in [-0.39, 0.29) is 18.4 Å². The fraction of sp³-hybridized carbons (Fsp3) is 0.143. The number of anilines is 2. The number of nitrogens with one attached hydrogen (secondary N) is 1. The van der Waals surface area contributed by atoms with Crippen LogP contribution in [0.4, 0.5) is 11.8 Å². The first kappa shape index (κ1) is 11.2. The molecule has 0 aliphatic carbocycles. The summed E-state index contributed by atoms with van der Waals surface area (Å²) in [6.07, 6.45) is 3.04. The van der Waals surface area contributed by atoms with Gasteiger partial charge in [0.2, 0.25) is 5.95 Å². The maximum absolute atomic E-state index is 5.49. The Bertz CT molecular complexity index is 407. The Morgan fingerprint density at radius 3 is 2.53 bits per heavy atom. The van der Waals surface area contributed by atoms with Gasteiger partial charge in [-0.15, -0.1) is 22.6 Å². The van der Waals surface area contributed by atoms with E-state index in [1.807, 2.05) is 6.92 Å². The molecule has 15 heavy (non-hydrogen) atoms. The zero-order valence-corrected chi connectivity index (χ0v) is 8.77. The van der Waals surface area contributed by atoms with Crippen LogP contribution in [0.3, 0.4) is 0 Å². The van der Waals surface area contributed by atoms with Gasteiger partial charge in [-0.05, 0) is 6.92 Å². The van der Waals surface area contributed by atoms with Crippen LogP contribution < -0.4 is 11.2 Å². The van der Waals surface area contributed by atoms with E-state index in [1.54, 1.807) is 10.7 Å². The van der Waals surface area contributed by atoms with Crippen molar-refractivity contribution in [3.8, 4) is 0 Å². The van der Waals surface area contributed by atoms with Crippen molar-refractivity contribution in [3.63, 3.8) is 0 Å². The van der Waals surface area contributed by atoms with Crippen LogP contribution in [-0.4, -0.2) is 24.8 Å². The molecule has 2 aromatic rings. The van der Waals surface area contributed by atoms with Crippen molar-refractivity contribution < 1.29 is 0 Å². The topological polar surface area (TPSA) is 94.5 Å². The molecule has 0 aliphatic heterocycles. The van der Waals surface area contributed by atoms with Crippen molar-refractivity contribution in [1.82, 2.24) is 24.8 Å². The van der Waals surface area contributed by atoms with Gasteiger partial charge in [-0.2, -0.15) is 4.98 Å². The van der Waals surface area contributed by atoms with Gasteiger partial charge in [-0.1, -0.05) is 0 Å². The van der Waals surface area contributed by atoms with Crippen molar-refractivity contribution >= 4 is 24.2 Å². The van der Waals surface area contributed by atoms with E-state index < -0.39 is 0 Å². The first-order valence-electron chi connectivity index (χ1n) is 3.97. The zero-order chi connectivity index (χ0) is 9.97. The molecule has 0 saturated heterocycles. The highest BCUT2D eigenvalue weighted by molar-refractivity contribution is 5.85. The lowest BCUT2D eigenvalue weighted by molar-refractivity contribution is 0.929. The van der Waals surface area contributed by atoms with Crippen molar-refractivity contribution in [2.45, 2.75) is 6.92 Å². The molecule has 0 fully saturated rings. The van der Waals surface area contributed by atoms with Gasteiger partial charge < -0.3 is 5.73 Å². The van der Waals surface area contributed by atoms with Gasteiger partial charge in [0, 0.05) is 11.8 Å². The van der Waals surface area contributed by atoms with Gasteiger partial charge in [0.25, 0.3) is 0 Å². The average Bonchev–Trinajstić information content (AvgIpc) is 2.54. The van der Waals surface area contributed by atoms with Crippen molar-refractivity contribution in [2.75, 3.05) is 11.2 Å². The predicted molar refractivity (Wildman–Crippen MR) is 57.5 cm³/mol. The van der Waals surface area contributed by atoms with Gasteiger partial charge in [-0.3, -0.25) is 5.43 Å². The quantitative estimate of drug-likeness (QED) is 0.764. The number of hydrogen-bond acceptors (Lipinski definition) is 6. The van der Waals surface area contributed by atoms with Crippen molar-refractivity contribution in [3.05, 3.63) is 24.4 Å². The Kier molecular flexibility index (Phi) is 3.40. The summed E-state index contributed by atoms with van der Waals surface area (Å²) in [6.45, 7) is 1.84. The van der Waals surface area contributed by atoms with Crippen molar-refractivity contribution in [1.29, 1.82) is 0 Å². The van der Waals surface area contributed by atoms with Crippen LogP contribution in [0.1, 0.15) is 5.69 Å². The highest BCUT2D eigenvalue weighted by atomic mass is 35.5. The third-order valence-electron chi connectivity index (χ3n) is 1.53. The maximum atomic E-state index is 5.49. The summed E-state index contributed by atoms with van der Waals surface area (Å²) in [6, 6.07) is 1.77. The van der Waals surface area contributed by atoms with Gasteiger partial charge in [-0.25, -0.2) is 9.66 Å². The molecule has 0 amide bonds. The highest BCUT2D eigenvalue weighted by Gasteiger charge is 1.98. The van der Waals surface area contributed by atoms with Gasteiger partial charge in [0.05, 0.1) is 0 Å². The minimum Gasteiger partial charge on any atom is -0.368 e. The summed E-state index contributed by atoms with van der Waals surface area (Å²) in [7, 11) is 0. The van der Waals surface area contributed by atoms with Crippen LogP contribution in [0.15, 0.2) is 18.7 Å². The monoisotopic (exact) mass is 227 g/mol. The SMILES string of the molecule is Cc1cc(Nn2cnnc2)nc(N)n1.Cl. The molecular weight excluding hydrogens is 218 g/mol.